The fourth-order valence-electron chi connectivity index (χ4n) is 2.89. The molecule has 0 radical (unpaired) electrons. The molecule has 7 nitrogen and oxygen atoms in total. The number of halogens is 1. The fourth-order valence-corrected chi connectivity index (χ4v) is 3.15. The highest BCUT2D eigenvalue weighted by Gasteiger charge is 2.22. The van der Waals surface area contributed by atoms with E-state index in [4.69, 9.17) is 11.6 Å². The number of carbonyl (C=O) groups excluding carboxylic acids is 1. The Kier molecular flexibility index (Phi) is 5.53. The molecular formula is C16H21ClN6O. The van der Waals surface area contributed by atoms with E-state index in [0.717, 1.165) is 36.6 Å². The number of hydrogen-bond acceptors (Lipinski definition) is 4. The summed E-state index contributed by atoms with van der Waals surface area (Å²) < 4.78 is 1.68. The van der Waals surface area contributed by atoms with Gasteiger partial charge in [-0.1, -0.05) is 28.9 Å². The number of piperidine rings is 1. The number of hydrogen-bond donors (Lipinski definition) is 2. The van der Waals surface area contributed by atoms with E-state index in [0.29, 0.717) is 13.1 Å². The molecule has 1 atom stereocenters. The number of nitrogens with one attached hydrogen (secondary N) is 2. The molecule has 2 N–H and O–H groups in total. The molecule has 1 aliphatic heterocycles. The van der Waals surface area contributed by atoms with Crippen LogP contribution in [0.15, 0.2) is 36.7 Å². The van der Waals surface area contributed by atoms with Crippen LogP contribution in [0, 0.1) is 0 Å². The van der Waals surface area contributed by atoms with Gasteiger partial charge in [0.05, 0.1) is 23.5 Å². The lowest BCUT2D eigenvalue weighted by atomic mass is 10.1. The van der Waals surface area contributed by atoms with Gasteiger partial charge in [0, 0.05) is 31.9 Å². The number of urea groups is 1. The van der Waals surface area contributed by atoms with Gasteiger partial charge in [-0.25, -0.2) is 4.79 Å². The third-order valence-corrected chi connectivity index (χ3v) is 4.37. The van der Waals surface area contributed by atoms with Gasteiger partial charge in [0.15, 0.2) is 0 Å². The first-order valence-corrected chi connectivity index (χ1v) is 8.48. The molecule has 0 saturated carbocycles. The second-order valence-corrected chi connectivity index (χ2v) is 6.21. The van der Waals surface area contributed by atoms with E-state index in [1.165, 1.54) is 0 Å². The number of carbonyl (C=O) groups is 1. The lowest BCUT2D eigenvalue weighted by Crippen LogP contribution is -2.51. The van der Waals surface area contributed by atoms with Crippen LogP contribution in [-0.2, 0) is 6.54 Å². The minimum absolute atomic E-state index is 0.112. The van der Waals surface area contributed by atoms with Gasteiger partial charge >= 0.3 is 6.03 Å². The molecule has 3 rings (SSSR count). The van der Waals surface area contributed by atoms with E-state index in [-0.39, 0.29) is 12.1 Å². The van der Waals surface area contributed by atoms with Crippen molar-refractivity contribution in [3.05, 3.63) is 41.7 Å². The SMILES string of the molecule is O=C(NCCn1ccnn1)N[C@H]1CCCN(c2ccccc2Cl)C1. The lowest BCUT2D eigenvalue weighted by Gasteiger charge is -2.35. The normalized spacial score (nSPS) is 17.5. The molecule has 1 saturated heterocycles. The lowest BCUT2D eigenvalue weighted by molar-refractivity contribution is 0.234. The molecule has 1 aliphatic rings. The fraction of sp³-hybridized carbons (Fsp3) is 0.438. The summed E-state index contributed by atoms with van der Waals surface area (Å²) in [7, 11) is 0. The van der Waals surface area contributed by atoms with Crippen molar-refractivity contribution in [2.75, 3.05) is 24.5 Å². The van der Waals surface area contributed by atoms with Crippen molar-refractivity contribution in [3.63, 3.8) is 0 Å². The Bertz CT molecular complexity index is 662. The average molecular weight is 349 g/mol. The second kappa shape index (κ2) is 8.01. The minimum Gasteiger partial charge on any atom is -0.368 e. The van der Waals surface area contributed by atoms with Crippen LogP contribution in [0.1, 0.15) is 12.8 Å². The van der Waals surface area contributed by atoms with Gasteiger partial charge in [-0.2, -0.15) is 0 Å². The molecule has 24 heavy (non-hydrogen) atoms. The van der Waals surface area contributed by atoms with Crippen molar-refractivity contribution < 1.29 is 4.79 Å². The highest BCUT2D eigenvalue weighted by molar-refractivity contribution is 6.33. The van der Waals surface area contributed by atoms with E-state index in [1.807, 2.05) is 24.3 Å². The Labute approximate surface area is 146 Å². The molecule has 2 amide bonds. The van der Waals surface area contributed by atoms with E-state index in [2.05, 4.69) is 25.8 Å². The van der Waals surface area contributed by atoms with Gasteiger partial charge in [0.2, 0.25) is 0 Å². The first-order chi connectivity index (χ1) is 11.7. The van der Waals surface area contributed by atoms with Crippen molar-refractivity contribution >= 4 is 23.3 Å². The van der Waals surface area contributed by atoms with Gasteiger partial charge in [-0.15, -0.1) is 5.10 Å². The quantitative estimate of drug-likeness (QED) is 0.865. The van der Waals surface area contributed by atoms with Crippen LogP contribution in [-0.4, -0.2) is 46.7 Å². The third-order valence-electron chi connectivity index (χ3n) is 4.05. The maximum atomic E-state index is 12.0. The van der Waals surface area contributed by atoms with Crippen molar-refractivity contribution in [2.45, 2.75) is 25.4 Å². The number of aromatic nitrogens is 3. The molecule has 1 aromatic heterocycles. The predicted molar refractivity (Wildman–Crippen MR) is 93.2 cm³/mol. The number of benzene rings is 1. The van der Waals surface area contributed by atoms with E-state index >= 15 is 0 Å². The number of nitrogens with zero attached hydrogens (tertiary/aromatic N) is 4. The van der Waals surface area contributed by atoms with Crippen molar-refractivity contribution in [3.8, 4) is 0 Å². The maximum absolute atomic E-state index is 12.0. The average Bonchev–Trinajstić information content (AvgIpc) is 3.09. The Morgan fingerprint density at radius 1 is 1.38 bits per heavy atom. The summed E-state index contributed by atoms with van der Waals surface area (Å²) >= 11 is 6.27. The zero-order chi connectivity index (χ0) is 16.8. The summed E-state index contributed by atoms with van der Waals surface area (Å²) in [5.74, 6) is 0. The molecular weight excluding hydrogens is 328 g/mol. The number of rotatable bonds is 5. The molecule has 8 heteroatoms. The first kappa shape index (κ1) is 16.6. The molecule has 0 aliphatic carbocycles. The Morgan fingerprint density at radius 2 is 2.25 bits per heavy atom. The Balaban J connectivity index is 1.46. The predicted octanol–water partition coefficient (Wildman–Crippen LogP) is 1.90. The van der Waals surface area contributed by atoms with E-state index in [9.17, 15) is 4.79 Å². The maximum Gasteiger partial charge on any atom is 0.315 e. The molecule has 2 aromatic rings. The van der Waals surface area contributed by atoms with Crippen LogP contribution in [0.25, 0.3) is 0 Å². The van der Waals surface area contributed by atoms with Gasteiger partial charge in [-0.05, 0) is 25.0 Å². The summed E-state index contributed by atoms with van der Waals surface area (Å²) in [5.41, 5.74) is 1.03. The second-order valence-electron chi connectivity index (χ2n) is 5.80. The summed E-state index contributed by atoms with van der Waals surface area (Å²) in [4.78, 5) is 14.3. The third kappa shape index (κ3) is 4.38. The number of para-hydroxylation sites is 1. The van der Waals surface area contributed by atoms with E-state index in [1.54, 1.807) is 17.1 Å². The Morgan fingerprint density at radius 3 is 3.04 bits per heavy atom. The number of amides is 2. The van der Waals surface area contributed by atoms with Crippen molar-refractivity contribution in [2.24, 2.45) is 0 Å². The largest absolute Gasteiger partial charge is 0.368 e. The molecule has 128 valence electrons. The molecule has 1 aromatic carbocycles. The molecule has 2 heterocycles. The zero-order valence-corrected chi connectivity index (χ0v) is 14.1. The van der Waals surface area contributed by atoms with Crippen molar-refractivity contribution in [1.82, 2.24) is 25.6 Å². The van der Waals surface area contributed by atoms with Gasteiger partial charge < -0.3 is 15.5 Å². The van der Waals surface area contributed by atoms with Crippen LogP contribution in [0.4, 0.5) is 10.5 Å². The minimum atomic E-state index is -0.152. The van der Waals surface area contributed by atoms with Crippen LogP contribution in [0.5, 0.6) is 0 Å². The highest BCUT2D eigenvalue weighted by atomic mass is 35.5. The van der Waals surface area contributed by atoms with E-state index < -0.39 is 0 Å². The van der Waals surface area contributed by atoms with Crippen LogP contribution in [0.2, 0.25) is 5.02 Å². The first-order valence-electron chi connectivity index (χ1n) is 8.10. The molecule has 1 fully saturated rings. The molecule has 0 spiro atoms. The summed E-state index contributed by atoms with van der Waals surface area (Å²) in [6.45, 7) is 2.83. The summed E-state index contributed by atoms with van der Waals surface area (Å²) in [6, 6.07) is 7.78. The summed E-state index contributed by atoms with van der Waals surface area (Å²) in [6.07, 6.45) is 5.38. The zero-order valence-electron chi connectivity index (χ0n) is 13.4. The van der Waals surface area contributed by atoms with Gasteiger partial charge in [-0.3, -0.25) is 4.68 Å². The molecule has 0 unspecified atom stereocenters. The smallest absolute Gasteiger partial charge is 0.315 e. The topological polar surface area (TPSA) is 75.1 Å². The molecule has 0 bridgehead atoms. The van der Waals surface area contributed by atoms with Gasteiger partial charge in [0.1, 0.15) is 0 Å². The van der Waals surface area contributed by atoms with Gasteiger partial charge in [0.25, 0.3) is 0 Å². The highest BCUT2D eigenvalue weighted by Crippen LogP contribution is 2.27. The monoisotopic (exact) mass is 348 g/mol. The van der Waals surface area contributed by atoms with Crippen LogP contribution in [0.3, 0.4) is 0 Å². The number of anilines is 1. The summed E-state index contributed by atoms with van der Waals surface area (Å²) in [5, 5.41) is 14.2. The van der Waals surface area contributed by atoms with Crippen molar-refractivity contribution in [1.29, 1.82) is 0 Å². The Hall–Kier alpha value is -2.28. The van der Waals surface area contributed by atoms with Crippen LogP contribution >= 0.6 is 11.6 Å². The standard InChI is InChI=1S/C16H21ClN6O/c17-14-5-1-2-6-15(14)22-9-3-4-13(12-22)20-16(24)18-7-10-23-11-8-19-21-23/h1-2,5-6,8,11,13H,3-4,7,9-10,12H2,(H2,18,20,24)/t13-/m0/s1. The van der Waals surface area contributed by atoms with Crippen LogP contribution < -0.4 is 15.5 Å².